The fourth-order valence-electron chi connectivity index (χ4n) is 9.07. The Bertz CT molecular complexity index is 2140. The van der Waals surface area contributed by atoms with Gasteiger partial charge in [-0.3, -0.25) is 0 Å². The van der Waals surface area contributed by atoms with Gasteiger partial charge in [0.15, 0.2) is 0 Å². The first-order valence-electron chi connectivity index (χ1n) is 24.4. The number of hydrogen-bond donors (Lipinski definition) is 0. The van der Waals surface area contributed by atoms with Gasteiger partial charge in [-0.15, -0.1) is 0 Å². The summed E-state index contributed by atoms with van der Waals surface area (Å²) >= 11 is 0. The molecule has 0 spiro atoms. The van der Waals surface area contributed by atoms with E-state index in [-0.39, 0.29) is 30.1 Å². The minimum Gasteiger partial charge on any atom is -0.493 e. The number of fused-ring (bicyclic) bond motifs is 3. The van der Waals surface area contributed by atoms with Crippen molar-refractivity contribution in [3.63, 3.8) is 0 Å². The van der Waals surface area contributed by atoms with E-state index < -0.39 is 17.4 Å². The predicted molar refractivity (Wildman–Crippen MR) is 260 cm³/mol. The Kier molecular flexibility index (Phi) is 17.5. The van der Waals surface area contributed by atoms with Crippen LogP contribution < -0.4 is 9.47 Å². The van der Waals surface area contributed by atoms with Crippen molar-refractivity contribution in [2.75, 3.05) is 19.8 Å². The smallest absolute Gasteiger partial charge is 0.341 e. The quantitative estimate of drug-likeness (QED) is 0.0455. The third-order valence-corrected chi connectivity index (χ3v) is 13.3. The van der Waals surface area contributed by atoms with Crippen molar-refractivity contribution in [1.29, 1.82) is 0 Å². The highest BCUT2D eigenvalue weighted by Crippen LogP contribution is 2.58. The molecule has 4 aromatic carbocycles. The summed E-state index contributed by atoms with van der Waals surface area (Å²) in [5.41, 5.74) is 8.17. The fraction of sp³-hybridized carbons (Fsp3) is 0.544. The average molecular weight is 859 g/mol. The molecule has 0 saturated carbocycles. The normalized spacial score (nSPS) is 15.1. The van der Waals surface area contributed by atoms with Gasteiger partial charge in [-0.2, -0.15) is 0 Å². The lowest BCUT2D eigenvalue weighted by molar-refractivity contribution is 0.0510. The predicted octanol–water partition coefficient (Wildman–Crippen LogP) is 15.3. The number of carbonyl (C=O) groups is 2. The van der Waals surface area contributed by atoms with Gasteiger partial charge in [-0.05, 0) is 126 Å². The van der Waals surface area contributed by atoms with Crippen molar-refractivity contribution >= 4 is 11.9 Å². The molecule has 342 valence electrons. The molecule has 4 aromatic rings. The Hall–Kier alpha value is -4.58. The van der Waals surface area contributed by atoms with Crippen LogP contribution in [0.15, 0.2) is 72.8 Å². The van der Waals surface area contributed by atoms with E-state index in [2.05, 4.69) is 111 Å². The summed E-state index contributed by atoms with van der Waals surface area (Å²) < 4.78 is 24.6. The molecule has 0 amide bonds. The monoisotopic (exact) mass is 859 g/mol. The van der Waals surface area contributed by atoms with Crippen LogP contribution >= 0.6 is 0 Å². The standard InChI is InChI=1S/C57H78O6/c1-12-17-19-21-23-25-35-62-51-33-29-43(36-47(51)53(58)60-15-4)57(44-30-34-52(48(37-44)54(59)61-16-5)63-40(6)26-24-22-20-18-13-2)49-38-41(55(7,8)9)27-31-45(49)46-32-28-42(39-50(46)57)56(10,11)14-3/h27-34,36-40H,12-26,35H2,1-11H3. The fourth-order valence-corrected chi connectivity index (χ4v) is 9.07. The van der Waals surface area contributed by atoms with E-state index in [4.69, 9.17) is 18.9 Å². The summed E-state index contributed by atoms with van der Waals surface area (Å²) in [6.45, 7) is 24.8. The van der Waals surface area contributed by atoms with E-state index in [1.165, 1.54) is 56.1 Å². The maximum atomic E-state index is 14.2. The lowest BCUT2D eigenvalue weighted by Gasteiger charge is -2.36. The van der Waals surface area contributed by atoms with Gasteiger partial charge in [0, 0.05) is 0 Å². The summed E-state index contributed by atoms with van der Waals surface area (Å²) in [6.07, 6.45) is 14.5. The lowest BCUT2D eigenvalue weighted by atomic mass is 9.65. The molecular formula is C57H78O6. The van der Waals surface area contributed by atoms with Gasteiger partial charge in [0.25, 0.3) is 0 Å². The molecule has 0 radical (unpaired) electrons. The van der Waals surface area contributed by atoms with Crippen LogP contribution in [0.4, 0.5) is 0 Å². The molecule has 0 fully saturated rings. The number of rotatable bonds is 24. The van der Waals surface area contributed by atoms with Crippen LogP contribution in [0.1, 0.15) is 214 Å². The lowest BCUT2D eigenvalue weighted by Crippen LogP contribution is -2.31. The molecule has 0 heterocycles. The number of hydrogen-bond acceptors (Lipinski definition) is 6. The Morgan fingerprint density at radius 1 is 0.571 bits per heavy atom. The molecule has 5 rings (SSSR count). The summed E-state index contributed by atoms with van der Waals surface area (Å²) in [5, 5.41) is 0. The molecule has 2 unspecified atom stereocenters. The third-order valence-electron chi connectivity index (χ3n) is 13.3. The number of carbonyl (C=O) groups excluding carboxylic acids is 2. The number of esters is 2. The zero-order chi connectivity index (χ0) is 45.8. The number of benzene rings is 4. The largest absolute Gasteiger partial charge is 0.493 e. The molecule has 2 atom stereocenters. The highest BCUT2D eigenvalue weighted by molar-refractivity contribution is 5.96. The average Bonchev–Trinajstić information content (AvgIpc) is 3.56. The van der Waals surface area contributed by atoms with Crippen LogP contribution in [0, 0.1) is 0 Å². The highest BCUT2D eigenvalue weighted by atomic mass is 16.5. The van der Waals surface area contributed by atoms with Crippen LogP contribution in [-0.2, 0) is 25.7 Å². The summed E-state index contributed by atoms with van der Waals surface area (Å²) in [6, 6.07) is 25.9. The van der Waals surface area contributed by atoms with Crippen LogP contribution in [0.2, 0.25) is 0 Å². The van der Waals surface area contributed by atoms with Crippen molar-refractivity contribution in [2.24, 2.45) is 0 Å². The van der Waals surface area contributed by atoms with Gasteiger partial charge >= 0.3 is 11.9 Å². The van der Waals surface area contributed by atoms with Crippen LogP contribution in [0.5, 0.6) is 11.5 Å². The minimum atomic E-state index is -0.963. The number of unbranched alkanes of at least 4 members (excludes halogenated alkanes) is 9. The Morgan fingerprint density at radius 3 is 1.60 bits per heavy atom. The molecular weight excluding hydrogens is 781 g/mol. The van der Waals surface area contributed by atoms with Crippen LogP contribution in [0.3, 0.4) is 0 Å². The van der Waals surface area contributed by atoms with Gasteiger partial charge in [0.05, 0.1) is 31.3 Å². The highest BCUT2D eigenvalue weighted by Gasteiger charge is 2.48. The SMILES string of the molecule is CCCCCCCCOc1ccc(C2(c3ccc(OC(C)CCCCCCC)c(C(=O)OCC)c3)c3cc(C(C)(C)C)ccc3-c3ccc(C(C)(C)CC)cc32)cc1C(=O)OCC. The zero-order valence-electron chi connectivity index (χ0n) is 40.8. The Labute approximate surface area is 380 Å². The van der Waals surface area contributed by atoms with E-state index in [1.54, 1.807) is 0 Å². The van der Waals surface area contributed by atoms with Gasteiger partial charge in [0.2, 0.25) is 0 Å². The third kappa shape index (κ3) is 11.4. The maximum absolute atomic E-state index is 14.2. The molecule has 1 aliphatic carbocycles. The minimum absolute atomic E-state index is 0.0863. The second kappa shape index (κ2) is 22.4. The first kappa shape index (κ1) is 49.4. The molecule has 0 saturated heterocycles. The molecule has 63 heavy (non-hydrogen) atoms. The topological polar surface area (TPSA) is 71.1 Å². The van der Waals surface area contributed by atoms with Gasteiger partial charge in [0.1, 0.15) is 22.6 Å². The maximum Gasteiger partial charge on any atom is 0.341 e. The van der Waals surface area contributed by atoms with Crippen molar-refractivity contribution in [3.05, 3.63) is 117 Å². The van der Waals surface area contributed by atoms with Gasteiger partial charge in [-0.25, -0.2) is 9.59 Å². The number of ether oxygens (including phenoxy) is 4. The van der Waals surface area contributed by atoms with Crippen molar-refractivity contribution in [1.82, 2.24) is 0 Å². The summed E-state index contributed by atoms with van der Waals surface area (Å²) in [5.74, 6) is 0.188. The molecule has 0 aliphatic heterocycles. The molecule has 6 nitrogen and oxygen atoms in total. The molecule has 0 N–H and O–H groups in total. The second-order valence-corrected chi connectivity index (χ2v) is 19.4. The van der Waals surface area contributed by atoms with Crippen molar-refractivity contribution in [2.45, 2.75) is 182 Å². The van der Waals surface area contributed by atoms with Gasteiger partial charge in [-0.1, -0.05) is 162 Å². The Morgan fingerprint density at radius 2 is 1.06 bits per heavy atom. The molecule has 1 aliphatic rings. The van der Waals surface area contributed by atoms with E-state index in [1.807, 2.05) is 38.1 Å². The van der Waals surface area contributed by atoms with Gasteiger partial charge < -0.3 is 18.9 Å². The Balaban J connectivity index is 1.81. The first-order valence-corrected chi connectivity index (χ1v) is 24.4. The van der Waals surface area contributed by atoms with E-state index >= 15 is 0 Å². The second-order valence-electron chi connectivity index (χ2n) is 19.4. The zero-order valence-corrected chi connectivity index (χ0v) is 40.8. The van der Waals surface area contributed by atoms with E-state index in [0.29, 0.717) is 29.2 Å². The molecule has 0 bridgehead atoms. The van der Waals surface area contributed by atoms with E-state index in [9.17, 15) is 9.59 Å². The summed E-state index contributed by atoms with van der Waals surface area (Å²) in [4.78, 5) is 28.3. The van der Waals surface area contributed by atoms with Crippen molar-refractivity contribution < 1.29 is 28.5 Å². The van der Waals surface area contributed by atoms with Crippen LogP contribution in [-0.4, -0.2) is 37.9 Å². The summed E-state index contributed by atoms with van der Waals surface area (Å²) in [7, 11) is 0. The van der Waals surface area contributed by atoms with E-state index in [0.717, 1.165) is 71.9 Å². The van der Waals surface area contributed by atoms with Crippen LogP contribution in [0.25, 0.3) is 11.1 Å². The van der Waals surface area contributed by atoms with Crippen molar-refractivity contribution in [3.8, 4) is 22.6 Å². The molecule has 6 heteroatoms. The first-order chi connectivity index (χ1) is 30.2. The molecule has 0 aromatic heterocycles.